The predicted octanol–water partition coefficient (Wildman–Crippen LogP) is 1.36. The van der Waals surface area contributed by atoms with Crippen LogP contribution in [0.3, 0.4) is 0 Å². The molecule has 0 aliphatic carbocycles. The normalized spacial score (nSPS) is 11.9. The molecule has 2 heterocycles. The molecule has 152 valence electrons. The fourth-order valence-electron chi connectivity index (χ4n) is 2.51. The molecule has 8 nitrogen and oxygen atoms in total. The summed E-state index contributed by atoms with van der Waals surface area (Å²) in [5.41, 5.74) is 1.17. The Morgan fingerprint density at radius 3 is 2.56 bits per heavy atom. The van der Waals surface area contributed by atoms with E-state index in [1.54, 1.807) is 30.1 Å². The summed E-state index contributed by atoms with van der Waals surface area (Å²) in [5.74, 6) is 0.743. The summed E-state index contributed by atoms with van der Waals surface area (Å²) in [4.78, 5) is 6.79. The lowest BCUT2D eigenvalue weighted by Gasteiger charge is -2.22. The van der Waals surface area contributed by atoms with E-state index in [0.717, 1.165) is 12.5 Å². The Balaban J connectivity index is 0.00000364. The molecule has 0 aliphatic rings. The summed E-state index contributed by atoms with van der Waals surface area (Å²) in [6.07, 6.45) is 5.28. The van der Waals surface area contributed by atoms with Gasteiger partial charge in [-0.2, -0.15) is 0 Å². The van der Waals surface area contributed by atoms with Crippen molar-refractivity contribution in [3.8, 4) is 0 Å². The molecule has 0 amide bonds. The fraction of sp³-hybridized carbons (Fsp3) is 0.471. The van der Waals surface area contributed by atoms with Crippen molar-refractivity contribution in [1.29, 1.82) is 0 Å². The molecule has 0 spiro atoms. The molecule has 0 saturated carbocycles. The summed E-state index contributed by atoms with van der Waals surface area (Å²) >= 11 is 0. The Bertz CT molecular complexity index is 843. The maximum Gasteiger partial charge on any atom is 0.242 e. The molecule has 27 heavy (non-hydrogen) atoms. The van der Waals surface area contributed by atoms with Crippen LogP contribution < -0.4 is 10.0 Å². The van der Waals surface area contributed by atoms with Gasteiger partial charge < -0.3 is 19.4 Å². The number of aryl methyl sites for hydroxylation is 2. The Morgan fingerprint density at radius 1 is 1.26 bits per heavy atom. The summed E-state index contributed by atoms with van der Waals surface area (Å²) in [7, 11) is 2.26. The van der Waals surface area contributed by atoms with E-state index in [0.29, 0.717) is 13.1 Å². The van der Waals surface area contributed by atoms with Gasteiger partial charge in [0.25, 0.3) is 0 Å². The summed E-state index contributed by atoms with van der Waals surface area (Å²) in [5, 5.41) is 3.23. The Kier molecular flexibility index (Phi) is 9.33. The predicted molar refractivity (Wildman–Crippen MR) is 119 cm³/mol. The zero-order chi connectivity index (χ0) is 19.2. The van der Waals surface area contributed by atoms with Gasteiger partial charge in [0, 0.05) is 58.5 Å². The largest absolute Gasteiger partial charge is 0.357 e. The lowest BCUT2D eigenvalue weighted by Crippen LogP contribution is -2.39. The monoisotopic (exact) mass is 508 g/mol. The molecule has 2 aromatic heterocycles. The van der Waals surface area contributed by atoms with Gasteiger partial charge in [-0.25, -0.2) is 13.1 Å². The van der Waals surface area contributed by atoms with Crippen molar-refractivity contribution in [3.05, 3.63) is 42.5 Å². The smallest absolute Gasteiger partial charge is 0.242 e. The van der Waals surface area contributed by atoms with Crippen molar-refractivity contribution in [2.75, 3.05) is 26.7 Å². The number of aliphatic imine (C=N–C) groups is 1. The second-order valence-corrected chi connectivity index (χ2v) is 7.88. The van der Waals surface area contributed by atoms with E-state index < -0.39 is 10.0 Å². The Hall–Kier alpha value is -1.53. The summed E-state index contributed by atoms with van der Waals surface area (Å²) in [6, 6.07) is 5.64. The first kappa shape index (κ1) is 23.5. The van der Waals surface area contributed by atoms with Gasteiger partial charge in [-0.3, -0.25) is 4.99 Å². The van der Waals surface area contributed by atoms with E-state index in [4.69, 9.17) is 0 Å². The number of guanidine groups is 1. The fourth-order valence-corrected chi connectivity index (χ4v) is 3.58. The van der Waals surface area contributed by atoms with Crippen LogP contribution in [-0.4, -0.2) is 55.1 Å². The van der Waals surface area contributed by atoms with E-state index >= 15 is 0 Å². The van der Waals surface area contributed by atoms with E-state index in [9.17, 15) is 8.42 Å². The molecule has 0 aromatic carbocycles. The standard InChI is InChI=1S/C17H28N6O2S.HI/c1-5-18-17(23(4)13-15-7-6-11-22(15)3)19-9-10-20-26(24,25)16-8-12-21(2)14-16;/h6-8,11-12,14,20H,5,9-10,13H2,1-4H3,(H,18,19);1H. The van der Waals surface area contributed by atoms with Crippen molar-refractivity contribution in [1.82, 2.24) is 24.1 Å². The van der Waals surface area contributed by atoms with Gasteiger partial charge >= 0.3 is 0 Å². The average Bonchev–Trinajstić information content (AvgIpc) is 3.19. The first-order chi connectivity index (χ1) is 12.3. The first-order valence-electron chi connectivity index (χ1n) is 8.54. The maximum absolute atomic E-state index is 12.2. The molecule has 0 unspecified atom stereocenters. The van der Waals surface area contributed by atoms with Crippen LogP contribution in [0, 0.1) is 0 Å². The molecule has 0 fully saturated rings. The molecule has 0 radical (unpaired) electrons. The zero-order valence-electron chi connectivity index (χ0n) is 16.2. The lowest BCUT2D eigenvalue weighted by atomic mass is 10.4. The maximum atomic E-state index is 12.2. The first-order valence-corrected chi connectivity index (χ1v) is 10.0. The van der Waals surface area contributed by atoms with Crippen molar-refractivity contribution >= 4 is 40.0 Å². The number of rotatable bonds is 8. The van der Waals surface area contributed by atoms with Crippen molar-refractivity contribution in [2.24, 2.45) is 19.1 Å². The second-order valence-electron chi connectivity index (χ2n) is 6.11. The van der Waals surface area contributed by atoms with Gasteiger partial charge in [-0.1, -0.05) is 0 Å². The number of nitrogens with one attached hydrogen (secondary N) is 2. The van der Waals surface area contributed by atoms with E-state index in [-0.39, 0.29) is 35.4 Å². The molecule has 2 rings (SSSR count). The molecule has 0 aliphatic heterocycles. The minimum atomic E-state index is -3.49. The van der Waals surface area contributed by atoms with Crippen LogP contribution in [0.5, 0.6) is 0 Å². The summed E-state index contributed by atoms with van der Waals surface area (Å²) < 4.78 is 30.7. The molecular weight excluding hydrogens is 479 g/mol. The van der Waals surface area contributed by atoms with Crippen LogP contribution >= 0.6 is 24.0 Å². The third kappa shape index (κ3) is 6.85. The van der Waals surface area contributed by atoms with Gasteiger partial charge in [-0.15, -0.1) is 24.0 Å². The van der Waals surface area contributed by atoms with Crippen LogP contribution in [0.15, 0.2) is 46.7 Å². The van der Waals surface area contributed by atoms with Gasteiger partial charge in [0.05, 0.1) is 18.0 Å². The highest BCUT2D eigenvalue weighted by molar-refractivity contribution is 14.0. The third-order valence-corrected chi connectivity index (χ3v) is 5.37. The number of halogens is 1. The molecule has 2 aromatic rings. The van der Waals surface area contributed by atoms with Crippen molar-refractivity contribution in [3.63, 3.8) is 0 Å². The Labute approximate surface area is 178 Å². The average molecular weight is 508 g/mol. The molecule has 0 saturated heterocycles. The number of nitrogens with zero attached hydrogens (tertiary/aromatic N) is 4. The van der Waals surface area contributed by atoms with Crippen LogP contribution in [0.25, 0.3) is 0 Å². The number of aromatic nitrogens is 2. The Morgan fingerprint density at radius 2 is 2.00 bits per heavy atom. The second kappa shape index (κ2) is 10.7. The molecule has 0 atom stereocenters. The highest BCUT2D eigenvalue weighted by atomic mass is 127. The van der Waals surface area contributed by atoms with Gasteiger partial charge in [0.2, 0.25) is 10.0 Å². The van der Waals surface area contributed by atoms with Gasteiger partial charge in [0.1, 0.15) is 0 Å². The lowest BCUT2D eigenvalue weighted by molar-refractivity contribution is 0.462. The van der Waals surface area contributed by atoms with E-state index in [1.807, 2.05) is 38.2 Å². The SMILES string of the molecule is CCNC(=NCCNS(=O)(=O)c1ccn(C)c1)N(C)Cc1cccn1C.I. The van der Waals surface area contributed by atoms with Crippen LogP contribution in [0.4, 0.5) is 0 Å². The molecular formula is C17H29IN6O2S. The highest BCUT2D eigenvalue weighted by Crippen LogP contribution is 2.07. The third-order valence-electron chi connectivity index (χ3n) is 3.93. The quantitative estimate of drug-likeness (QED) is 0.244. The number of hydrogen-bond donors (Lipinski definition) is 2. The number of sulfonamides is 1. The van der Waals surface area contributed by atoms with Crippen molar-refractivity contribution in [2.45, 2.75) is 18.4 Å². The minimum absolute atomic E-state index is 0. The van der Waals surface area contributed by atoms with Gasteiger partial charge in [0.15, 0.2) is 5.96 Å². The topological polar surface area (TPSA) is 83.7 Å². The van der Waals surface area contributed by atoms with Crippen LogP contribution in [0.2, 0.25) is 0 Å². The minimum Gasteiger partial charge on any atom is -0.357 e. The summed E-state index contributed by atoms with van der Waals surface area (Å²) in [6.45, 7) is 4.05. The molecule has 2 N–H and O–H groups in total. The zero-order valence-corrected chi connectivity index (χ0v) is 19.4. The highest BCUT2D eigenvalue weighted by Gasteiger charge is 2.14. The van der Waals surface area contributed by atoms with E-state index in [1.165, 1.54) is 5.69 Å². The van der Waals surface area contributed by atoms with Crippen LogP contribution in [0.1, 0.15) is 12.6 Å². The molecule has 10 heteroatoms. The molecule has 0 bridgehead atoms. The van der Waals surface area contributed by atoms with E-state index in [2.05, 4.69) is 25.7 Å². The van der Waals surface area contributed by atoms with Crippen molar-refractivity contribution < 1.29 is 8.42 Å². The number of hydrogen-bond acceptors (Lipinski definition) is 3. The van der Waals surface area contributed by atoms with Crippen LogP contribution in [-0.2, 0) is 30.7 Å². The van der Waals surface area contributed by atoms with Gasteiger partial charge in [-0.05, 0) is 25.1 Å².